The third kappa shape index (κ3) is 3.87. The summed E-state index contributed by atoms with van der Waals surface area (Å²) in [5.41, 5.74) is 3.40. The van der Waals surface area contributed by atoms with Gasteiger partial charge in [-0.05, 0) is 79.9 Å². The van der Waals surface area contributed by atoms with Crippen molar-refractivity contribution in [2.75, 3.05) is 18.4 Å². The van der Waals surface area contributed by atoms with Gasteiger partial charge in [-0.2, -0.15) is 0 Å². The van der Waals surface area contributed by atoms with E-state index in [1.54, 1.807) is 0 Å². The Labute approximate surface area is 170 Å². The molecule has 0 unspecified atom stereocenters. The number of rotatable bonds is 6. The summed E-state index contributed by atoms with van der Waals surface area (Å²) in [6.45, 7) is 6.95. The molecule has 148 valence electrons. The molecular formula is C23H29N3OS. The van der Waals surface area contributed by atoms with Gasteiger partial charge in [-0.25, -0.2) is 0 Å². The van der Waals surface area contributed by atoms with Crippen LogP contribution in [0.5, 0.6) is 0 Å². The van der Waals surface area contributed by atoms with Gasteiger partial charge in [0.2, 0.25) is 0 Å². The molecule has 4 rings (SSSR count). The Bertz CT molecular complexity index is 919. The fourth-order valence-corrected chi connectivity index (χ4v) is 5.16. The Morgan fingerprint density at radius 3 is 2.71 bits per heavy atom. The predicted octanol–water partition coefficient (Wildman–Crippen LogP) is 5.85. The average Bonchev–Trinajstić information content (AvgIpc) is 3.39. The second-order valence-corrected chi connectivity index (χ2v) is 8.66. The first-order chi connectivity index (χ1) is 13.7. The van der Waals surface area contributed by atoms with E-state index >= 15 is 0 Å². The monoisotopic (exact) mass is 395 g/mol. The molecule has 0 aliphatic carbocycles. The molecule has 1 aliphatic rings. The third-order valence-corrected chi connectivity index (χ3v) is 7.01. The Balaban J connectivity index is 1.50. The van der Waals surface area contributed by atoms with Crippen molar-refractivity contribution < 1.29 is 4.79 Å². The molecule has 2 aromatic heterocycles. The number of hydrogen-bond donors (Lipinski definition) is 2. The van der Waals surface area contributed by atoms with Crippen molar-refractivity contribution in [2.45, 2.75) is 51.5 Å². The quantitative estimate of drug-likeness (QED) is 0.550. The van der Waals surface area contributed by atoms with Crippen LogP contribution in [0.3, 0.4) is 0 Å². The van der Waals surface area contributed by atoms with E-state index in [0.29, 0.717) is 5.92 Å². The van der Waals surface area contributed by atoms with Crippen LogP contribution in [0.4, 0.5) is 5.69 Å². The second-order valence-electron chi connectivity index (χ2n) is 7.72. The highest BCUT2D eigenvalue weighted by Gasteiger charge is 2.25. The van der Waals surface area contributed by atoms with Gasteiger partial charge in [-0.3, -0.25) is 4.79 Å². The van der Waals surface area contributed by atoms with Crippen LogP contribution in [0.2, 0.25) is 0 Å². The number of carbonyl (C=O) groups excluding carboxylic acids is 1. The molecule has 3 aromatic rings. The molecule has 1 amide bonds. The van der Waals surface area contributed by atoms with Crippen LogP contribution in [0, 0.1) is 0 Å². The van der Waals surface area contributed by atoms with Gasteiger partial charge in [0.05, 0.1) is 4.88 Å². The lowest BCUT2D eigenvalue weighted by Gasteiger charge is -2.37. The van der Waals surface area contributed by atoms with E-state index in [1.165, 1.54) is 61.1 Å². The van der Waals surface area contributed by atoms with Crippen molar-refractivity contribution in [1.82, 2.24) is 9.88 Å². The van der Waals surface area contributed by atoms with Gasteiger partial charge in [0, 0.05) is 28.8 Å². The highest BCUT2D eigenvalue weighted by atomic mass is 32.1. The van der Waals surface area contributed by atoms with Crippen molar-refractivity contribution in [3.8, 4) is 0 Å². The number of aromatic amines is 1. The van der Waals surface area contributed by atoms with Crippen molar-refractivity contribution in [1.29, 1.82) is 0 Å². The molecule has 1 fully saturated rings. The third-order valence-electron chi connectivity index (χ3n) is 6.14. The van der Waals surface area contributed by atoms with Gasteiger partial charge in [0.1, 0.15) is 0 Å². The summed E-state index contributed by atoms with van der Waals surface area (Å²) in [7, 11) is 0. The molecule has 0 saturated carbocycles. The zero-order valence-corrected chi connectivity index (χ0v) is 17.5. The molecule has 4 nitrogen and oxygen atoms in total. The molecular weight excluding hydrogens is 366 g/mol. The maximum Gasteiger partial charge on any atom is 0.265 e. The standard InChI is InChI=1S/C23H29N3OS/c1-3-18(4-2)26-11-9-16(10-12-26)20-15-24-21-8-7-17(14-19(20)21)25-23(27)22-6-5-13-28-22/h5-8,13-16,18,24H,3-4,9-12H2,1-2H3,(H,25,27). The Hall–Kier alpha value is -2.11. The first-order valence-corrected chi connectivity index (χ1v) is 11.3. The highest BCUT2D eigenvalue weighted by Crippen LogP contribution is 2.35. The Morgan fingerprint density at radius 1 is 1.25 bits per heavy atom. The fourth-order valence-electron chi connectivity index (χ4n) is 4.54. The average molecular weight is 396 g/mol. The van der Waals surface area contributed by atoms with Crippen molar-refractivity contribution >= 4 is 33.8 Å². The van der Waals surface area contributed by atoms with Gasteiger partial charge >= 0.3 is 0 Å². The number of amides is 1. The van der Waals surface area contributed by atoms with E-state index in [2.05, 4.69) is 47.4 Å². The molecule has 2 N–H and O–H groups in total. The fraction of sp³-hybridized carbons (Fsp3) is 0.435. The number of thiophene rings is 1. The van der Waals surface area contributed by atoms with Gasteiger partial charge in [-0.1, -0.05) is 19.9 Å². The number of fused-ring (bicyclic) bond motifs is 1. The van der Waals surface area contributed by atoms with Crippen molar-refractivity contribution in [2.24, 2.45) is 0 Å². The van der Waals surface area contributed by atoms with E-state index < -0.39 is 0 Å². The van der Waals surface area contributed by atoms with Gasteiger partial charge in [-0.15, -0.1) is 11.3 Å². The number of aromatic nitrogens is 1. The summed E-state index contributed by atoms with van der Waals surface area (Å²) in [4.78, 5) is 19.2. The summed E-state index contributed by atoms with van der Waals surface area (Å²) in [6, 6.07) is 10.7. The summed E-state index contributed by atoms with van der Waals surface area (Å²) in [6.07, 6.45) is 7.06. The van der Waals surface area contributed by atoms with Gasteiger partial charge in [0.25, 0.3) is 5.91 Å². The maximum absolute atomic E-state index is 12.4. The molecule has 0 radical (unpaired) electrons. The zero-order chi connectivity index (χ0) is 19.5. The second kappa shape index (κ2) is 8.50. The highest BCUT2D eigenvalue weighted by molar-refractivity contribution is 7.12. The smallest absolute Gasteiger partial charge is 0.265 e. The number of likely N-dealkylation sites (tertiary alicyclic amines) is 1. The molecule has 0 bridgehead atoms. The van der Waals surface area contributed by atoms with E-state index in [0.717, 1.165) is 22.1 Å². The van der Waals surface area contributed by atoms with Crippen LogP contribution >= 0.6 is 11.3 Å². The van der Waals surface area contributed by atoms with E-state index in [9.17, 15) is 4.79 Å². The number of nitrogens with zero attached hydrogens (tertiary/aromatic N) is 1. The number of H-pyrrole nitrogens is 1. The lowest BCUT2D eigenvalue weighted by molar-refractivity contribution is 0.103. The van der Waals surface area contributed by atoms with Crippen LogP contribution < -0.4 is 5.32 Å². The zero-order valence-electron chi connectivity index (χ0n) is 16.7. The molecule has 5 heteroatoms. The van der Waals surface area contributed by atoms with Crippen molar-refractivity contribution in [3.63, 3.8) is 0 Å². The molecule has 28 heavy (non-hydrogen) atoms. The number of benzene rings is 1. The lowest BCUT2D eigenvalue weighted by Crippen LogP contribution is -2.40. The Kier molecular flexibility index (Phi) is 5.83. The summed E-state index contributed by atoms with van der Waals surface area (Å²) < 4.78 is 0. The maximum atomic E-state index is 12.4. The molecule has 0 spiro atoms. The summed E-state index contributed by atoms with van der Waals surface area (Å²) in [5.74, 6) is 0.549. The van der Waals surface area contributed by atoms with E-state index in [1.807, 2.05) is 23.6 Å². The lowest BCUT2D eigenvalue weighted by atomic mass is 9.88. The number of anilines is 1. The van der Waals surface area contributed by atoms with Gasteiger partial charge < -0.3 is 15.2 Å². The number of carbonyl (C=O) groups is 1. The van der Waals surface area contributed by atoms with Crippen LogP contribution in [0.1, 0.15) is 60.7 Å². The Morgan fingerprint density at radius 2 is 2.04 bits per heavy atom. The van der Waals surface area contributed by atoms with E-state index in [-0.39, 0.29) is 5.91 Å². The van der Waals surface area contributed by atoms with Crippen LogP contribution in [-0.2, 0) is 0 Å². The summed E-state index contributed by atoms with van der Waals surface area (Å²) in [5, 5.41) is 6.21. The van der Waals surface area contributed by atoms with Crippen molar-refractivity contribution in [3.05, 3.63) is 52.3 Å². The number of piperidine rings is 1. The minimum Gasteiger partial charge on any atom is -0.361 e. The van der Waals surface area contributed by atoms with Gasteiger partial charge in [0.15, 0.2) is 0 Å². The minimum atomic E-state index is -0.0371. The van der Waals surface area contributed by atoms with Crippen LogP contribution in [0.25, 0.3) is 10.9 Å². The molecule has 1 aliphatic heterocycles. The molecule has 1 aromatic carbocycles. The first kappa shape index (κ1) is 19.2. The predicted molar refractivity (Wildman–Crippen MR) is 118 cm³/mol. The minimum absolute atomic E-state index is 0.0371. The molecule has 3 heterocycles. The largest absolute Gasteiger partial charge is 0.361 e. The number of nitrogens with one attached hydrogen (secondary N) is 2. The molecule has 1 saturated heterocycles. The normalized spacial score (nSPS) is 16.1. The molecule has 0 atom stereocenters. The van der Waals surface area contributed by atoms with Crippen LogP contribution in [0.15, 0.2) is 41.9 Å². The topological polar surface area (TPSA) is 48.1 Å². The number of hydrogen-bond acceptors (Lipinski definition) is 3. The first-order valence-electron chi connectivity index (χ1n) is 10.4. The summed E-state index contributed by atoms with van der Waals surface area (Å²) >= 11 is 1.46. The van der Waals surface area contributed by atoms with E-state index in [4.69, 9.17) is 0 Å². The SMILES string of the molecule is CCC(CC)N1CCC(c2c[nH]c3ccc(NC(=O)c4cccs4)cc23)CC1. The van der Waals surface area contributed by atoms with Crippen LogP contribution in [-0.4, -0.2) is 34.9 Å².